The molecule has 0 saturated heterocycles. The van der Waals surface area contributed by atoms with E-state index in [0.717, 1.165) is 0 Å². The number of aliphatic hydroxyl groups excluding tert-OH is 1. The van der Waals surface area contributed by atoms with Crippen molar-refractivity contribution in [1.82, 2.24) is 0 Å². The molecule has 20 heavy (non-hydrogen) atoms. The van der Waals surface area contributed by atoms with Gasteiger partial charge in [-0.05, 0) is 26.0 Å². The van der Waals surface area contributed by atoms with Crippen LogP contribution in [0.15, 0.2) is 53.8 Å². The van der Waals surface area contributed by atoms with E-state index in [9.17, 15) is 15.0 Å². The summed E-state index contributed by atoms with van der Waals surface area (Å²) in [5, 5.41) is 20.2. The molecule has 1 aliphatic rings. The molecule has 2 N–H and O–H groups in total. The fourth-order valence-electron chi connectivity index (χ4n) is 2.14. The molecule has 2 rings (SSSR count). The first-order chi connectivity index (χ1) is 9.41. The third-order valence-electron chi connectivity index (χ3n) is 2.96. The molecule has 4 nitrogen and oxygen atoms in total. The van der Waals surface area contributed by atoms with Crippen LogP contribution in [0, 0.1) is 0 Å². The van der Waals surface area contributed by atoms with Crippen LogP contribution in [0.3, 0.4) is 0 Å². The fourth-order valence-corrected chi connectivity index (χ4v) is 2.14. The Morgan fingerprint density at radius 1 is 1.30 bits per heavy atom. The Morgan fingerprint density at radius 3 is 2.50 bits per heavy atom. The van der Waals surface area contributed by atoms with Crippen molar-refractivity contribution in [2.45, 2.75) is 32.2 Å². The maximum absolute atomic E-state index is 12.3. The molecule has 0 aromatic heterocycles. The van der Waals surface area contributed by atoms with Gasteiger partial charge in [0, 0.05) is 5.56 Å². The number of allylic oxidation sites excluding steroid dienone is 2. The molecule has 0 spiro atoms. The second-order valence-corrected chi connectivity index (χ2v) is 5.08. The highest BCUT2D eigenvalue weighted by Crippen LogP contribution is 2.29. The zero-order valence-corrected chi connectivity index (χ0v) is 11.5. The lowest BCUT2D eigenvalue weighted by Gasteiger charge is -2.30. The van der Waals surface area contributed by atoms with Crippen LogP contribution in [0.2, 0.25) is 0 Å². The van der Waals surface area contributed by atoms with Gasteiger partial charge in [-0.2, -0.15) is 0 Å². The first kappa shape index (κ1) is 14.5. The highest BCUT2D eigenvalue weighted by atomic mass is 16.6. The van der Waals surface area contributed by atoms with E-state index in [4.69, 9.17) is 4.74 Å². The van der Waals surface area contributed by atoms with Crippen LogP contribution in [0.1, 0.15) is 30.6 Å². The summed E-state index contributed by atoms with van der Waals surface area (Å²) in [4.78, 5) is 12.3. The van der Waals surface area contributed by atoms with Crippen LogP contribution >= 0.6 is 0 Å². The Bertz CT molecular complexity index is 557. The molecule has 1 aromatic carbocycles. The summed E-state index contributed by atoms with van der Waals surface area (Å²) in [7, 11) is 0. The minimum absolute atomic E-state index is 0.129. The highest BCUT2D eigenvalue weighted by Gasteiger charge is 2.33. The van der Waals surface area contributed by atoms with Gasteiger partial charge in [0.1, 0.15) is 5.76 Å². The molecule has 4 heteroatoms. The van der Waals surface area contributed by atoms with Gasteiger partial charge in [-0.15, -0.1) is 0 Å². The van der Waals surface area contributed by atoms with Gasteiger partial charge in [-0.25, -0.2) is 0 Å². The van der Waals surface area contributed by atoms with Crippen molar-refractivity contribution in [1.29, 1.82) is 0 Å². The predicted molar refractivity (Wildman–Crippen MR) is 75.4 cm³/mol. The minimum atomic E-state index is -1.56. The van der Waals surface area contributed by atoms with Gasteiger partial charge >= 0.3 is 0 Å². The molecule has 106 valence electrons. The molecule has 0 heterocycles. The normalized spacial score (nSPS) is 22.4. The maximum Gasteiger partial charge on any atom is 0.196 e. The second-order valence-electron chi connectivity index (χ2n) is 5.08. The Morgan fingerprint density at radius 2 is 1.95 bits per heavy atom. The van der Waals surface area contributed by atoms with Gasteiger partial charge in [0.05, 0.1) is 18.1 Å². The number of benzene rings is 1. The number of carbonyl (C=O) groups excluding carboxylic acids is 1. The molecule has 1 aliphatic carbocycles. The smallest absolute Gasteiger partial charge is 0.196 e. The van der Waals surface area contributed by atoms with Crippen molar-refractivity contribution in [2.24, 2.45) is 0 Å². The third kappa shape index (κ3) is 3.15. The zero-order valence-electron chi connectivity index (χ0n) is 11.5. The van der Waals surface area contributed by atoms with E-state index >= 15 is 0 Å². The van der Waals surface area contributed by atoms with E-state index in [0.29, 0.717) is 5.56 Å². The Balaban J connectivity index is 2.22. The monoisotopic (exact) mass is 274 g/mol. The molecular weight excluding hydrogens is 256 g/mol. The van der Waals surface area contributed by atoms with Gasteiger partial charge in [0.2, 0.25) is 0 Å². The number of carbonyl (C=O) groups is 1. The number of Topliss-reactive ketones (excluding diaryl/α,β-unsaturated/α-hetero) is 1. The molecule has 1 unspecified atom stereocenters. The summed E-state index contributed by atoms with van der Waals surface area (Å²) in [6.45, 7) is 3.58. The molecule has 0 amide bonds. The standard InChI is InChI=1S/C16H18O4/c1-11(2)20-16(19)9-8-13(14(17)10-16)15(18)12-6-4-3-5-7-12/h3-9,11,17,19H,10H2,1-2H3. The molecule has 0 radical (unpaired) electrons. The van der Waals surface area contributed by atoms with Crippen LogP contribution in [-0.4, -0.2) is 27.9 Å². The van der Waals surface area contributed by atoms with Crippen molar-refractivity contribution in [3.8, 4) is 0 Å². The van der Waals surface area contributed by atoms with Crippen LogP contribution in [0.5, 0.6) is 0 Å². The molecule has 0 bridgehead atoms. The summed E-state index contributed by atoms with van der Waals surface area (Å²) < 4.78 is 5.35. The number of rotatable bonds is 4. The topological polar surface area (TPSA) is 66.8 Å². The fraction of sp³-hybridized carbons (Fsp3) is 0.312. The second kappa shape index (κ2) is 5.61. The van der Waals surface area contributed by atoms with Crippen molar-refractivity contribution >= 4 is 5.78 Å². The van der Waals surface area contributed by atoms with Crippen molar-refractivity contribution < 1.29 is 19.7 Å². The Labute approximate surface area is 118 Å². The molecule has 1 atom stereocenters. The van der Waals surface area contributed by atoms with E-state index in [2.05, 4.69) is 0 Å². The molecule has 0 saturated carbocycles. The van der Waals surface area contributed by atoms with Crippen molar-refractivity contribution in [3.63, 3.8) is 0 Å². The van der Waals surface area contributed by atoms with Crippen LogP contribution < -0.4 is 0 Å². The molecule has 1 aromatic rings. The van der Waals surface area contributed by atoms with E-state index in [1.807, 2.05) is 6.07 Å². The Hall–Kier alpha value is -1.91. The molecule has 0 fully saturated rings. The quantitative estimate of drug-likeness (QED) is 0.654. The van der Waals surface area contributed by atoms with Gasteiger partial charge in [-0.1, -0.05) is 30.3 Å². The van der Waals surface area contributed by atoms with E-state index in [1.54, 1.807) is 38.1 Å². The summed E-state index contributed by atoms with van der Waals surface area (Å²) in [5.74, 6) is -1.99. The van der Waals surface area contributed by atoms with Gasteiger partial charge in [-0.3, -0.25) is 4.79 Å². The SMILES string of the molecule is CC(C)OC1(O)C=CC(C(=O)c2ccccc2)=C(O)C1. The summed E-state index contributed by atoms with van der Waals surface area (Å²) in [5.41, 5.74) is 0.683. The zero-order chi connectivity index (χ0) is 14.8. The van der Waals surface area contributed by atoms with Gasteiger partial charge in [0.25, 0.3) is 0 Å². The highest BCUT2D eigenvalue weighted by molar-refractivity contribution is 6.11. The van der Waals surface area contributed by atoms with E-state index < -0.39 is 5.79 Å². The first-order valence-corrected chi connectivity index (χ1v) is 6.52. The molecule has 0 aliphatic heterocycles. The third-order valence-corrected chi connectivity index (χ3v) is 2.96. The van der Waals surface area contributed by atoms with Crippen LogP contribution in [0.4, 0.5) is 0 Å². The van der Waals surface area contributed by atoms with Gasteiger partial charge in [0.15, 0.2) is 11.6 Å². The summed E-state index contributed by atoms with van der Waals surface area (Å²) in [6.07, 6.45) is 2.50. The number of hydrogen-bond donors (Lipinski definition) is 2. The van der Waals surface area contributed by atoms with E-state index in [-0.39, 0.29) is 29.6 Å². The van der Waals surface area contributed by atoms with Crippen molar-refractivity contribution in [2.75, 3.05) is 0 Å². The lowest BCUT2D eigenvalue weighted by atomic mass is 9.94. The average Bonchev–Trinajstić information content (AvgIpc) is 2.37. The molecular formula is C16H18O4. The minimum Gasteiger partial charge on any atom is -0.511 e. The van der Waals surface area contributed by atoms with Crippen molar-refractivity contribution in [3.05, 3.63) is 59.4 Å². The Kier molecular flexibility index (Phi) is 4.06. The number of aliphatic hydroxyl groups is 2. The largest absolute Gasteiger partial charge is 0.511 e. The number of ketones is 1. The number of ether oxygens (including phenoxy) is 1. The summed E-state index contributed by atoms with van der Waals surface area (Å²) in [6, 6.07) is 8.70. The first-order valence-electron chi connectivity index (χ1n) is 6.52. The van der Waals surface area contributed by atoms with Crippen LogP contribution in [0.25, 0.3) is 0 Å². The van der Waals surface area contributed by atoms with Crippen LogP contribution in [-0.2, 0) is 4.74 Å². The summed E-state index contributed by atoms with van der Waals surface area (Å²) >= 11 is 0. The predicted octanol–water partition coefficient (Wildman–Crippen LogP) is 2.75. The van der Waals surface area contributed by atoms with Gasteiger partial charge < -0.3 is 14.9 Å². The average molecular weight is 274 g/mol. The lowest BCUT2D eigenvalue weighted by molar-refractivity contribution is -0.191. The lowest BCUT2D eigenvalue weighted by Crippen LogP contribution is -2.35. The van der Waals surface area contributed by atoms with E-state index in [1.165, 1.54) is 12.2 Å². The maximum atomic E-state index is 12.3. The number of hydrogen-bond acceptors (Lipinski definition) is 4.